The van der Waals surface area contributed by atoms with Crippen molar-refractivity contribution in [2.24, 2.45) is 5.92 Å². The summed E-state index contributed by atoms with van der Waals surface area (Å²) in [6.07, 6.45) is 0.768. The lowest BCUT2D eigenvalue weighted by molar-refractivity contribution is -0.123. The van der Waals surface area contributed by atoms with Crippen LogP contribution in [0.4, 0.5) is 15.3 Å². The van der Waals surface area contributed by atoms with Gasteiger partial charge in [0.25, 0.3) is 0 Å². The van der Waals surface area contributed by atoms with Crippen molar-refractivity contribution >= 4 is 40.8 Å². The van der Waals surface area contributed by atoms with Gasteiger partial charge in [-0.2, -0.15) is 0 Å². The van der Waals surface area contributed by atoms with E-state index in [1.54, 1.807) is 34.5 Å². The highest BCUT2D eigenvalue weighted by molar-refractivity contribution is 7.12. The van der Waals surface area contributed by atoms with Crippen LogP contribution in [-0.2, 0) is 27.3 Å². The number of morpholine rings is 1. The van der Waals surface area contributed by atoms with Crippen LogP contribution in [0.15, 0.2) is 90.3 Å². The van der Waals surface area contributed by atoms with Gasteiger partial charge >= 0.3 is 12.1 Å². The number of hydrogen-bond donors (Lipinski definition) is 3. The highest BCUT2D eigenvalue weighted by atomic mass is 32.1. The van der Waals surface area contributed by atoms with E-state index in [2.05, 4.69) is 20.9 Å². The van der Waals surface area contributed by atoms with Gasteiger partial charge in [-0.05, 0) is 48.4 Å². The third-order valence-electron chi connectivity index (χ3n) is 8.17. The summed E-state index contributed by atoms with van der Waals surface area (Å²) in [6.45, 7) is 5.93. The standard InChI is InChI=1S/C38H43N5O6S/c1-26(2)23-32(42-37(46)43-19-21-48-22-20-43)35(45)40-31(18-13-27-9-5-3-6-10-27)34(44)36-41-33(25-50-36)29-14-16-30(17-15-29)39-38(47)49-24-28-11-7-4-8-12-28/h3-12,14-17,25-26,31-32H,13,18-24H2,1-2H3,(H,39,47)(H,40,45)(H,42,46)/t31?,32-/m0/s1. The number of carbonyl (C=O) groups is 4. The maximum absolute atomic E-state index is 14.0. The van der Waals surface area contributed by atoms with Crippen LogP contribution in [0.5, 0.6) is 0 Å². The first kappa shape index (κ1) is 36.2. The third kappa shape index (κ3) is 10.7. The summed E-state index contributed by atoms with van der Waals surface area (Å²) in [7, 11) is 0. The molecule has 1 unspecified atom stereocenters. The number of amides is 4. The molecule has 0 saturated carbocycles. The summed E-state index contributed by atoms with van der Waals surface area (Å²) >= 11 is 1.21. The Morgan fingerprint density at radius 1 is 0.860 bits per heavy atom. The number of benzene rings is 3. The summed E-state index contributed by atoms with van der Waals surface area (Å²) in [5.41, 5.74) is 3.84. The molecule has 2 atom stereocenters. The fraction of sp³-hybridized carbons (Fsp3) is 0.342. The number of urea groups is 1. The van der Waals surface area contributed by atoms with Crippen LogP contribution in [0.2, 0.25) is 0 Å². The Morgan fingerprint density at radius 3 is 2.18 bits per heavy atom. The van der Waals surface area contributed by atoms with E-state index in [9.17, 15) is 19.2 Å². The molecule has 0 aliphatic carbocycles. The molecule has 3 N–H and O–H groups in total. The number of thiazole rings is 1. The highest BCUT2D eigenvalue weighted by Crippen LogP contribution is 2.25. The Balaban J connectivity index is 1.25. The number of rotatable bonds is 14. The lowest BCUT2D eigenvalue weighted by atomic mass is 9.99. The van der Waals surface area contributed by atoms with E-state index in [-0.39, 0.29) is 29.3 Å². The minimum absolute atomic E-state index is 0.122. The molecule has 4 aromatic rings. The third-order valence-corrected chi connectivity index (χ3v) is 9.03. The Morgan fingerprint density at radius 2 is 1.52 bits per heavy atom. The molecule has 3 aromatic carbocycles. The molecular formula is C38H43N5O6S. The van der Waals surface area contributed by atoms with Crippen molar-refractivity contribution in [2.75, 3.05) is 31.6 Å². The van der Waals surface area contributed by atoms with Crippen molar-refractivity contribution in [3.63, 3.8) is 0 Å². The second kappa shape index (κ2) is 18.1. The van der Waals surface area contributed by atoms with E-state index in [1.165, 1.54) is 11.3 Å². The molecule has 1 fully saturated rings. The average molecular weight is 698 g/mol. The number of hydrogen-bond acceptors (Lipinski definition) is 8. The molecule has 0 bridgehead atoms. The second-order valence-corrected chi connectivity index (χ2v) is 13.3. The highest BCUT2D eigenvalue weighted by Gasteiger charge is 2.30. The molecule has 5 rings (SSSR count). The van der Waals surface area contributed by atoms with Crippen LogP contribution in [0.25, 0.3) is 11.3 Å². The van der Waals surface area contributed by atoms with Gasteiger partial charge in [0.05, 0.1) is 24.9 Å². The Kier molecular flexibility index (Phi) is 13.1. The number of nitrogens with one attached hydrogen (secondary N) is 3. The Labute approximate surface area is 296 Å². The maximum atomic E-state index is 14.0. The first-order chi connectivity index (χ1) is 24.2. The van der Waals surface area contributed by atoms with Gasteiger partial charge in [0.1, 0.15) is 12.6 Å². The summed E-state index contributed by atoms with van der Waals surface area (Å²) in [6, 6.07) is 24.3. The van der Waals surface area contributed by atoms with Crippen molar-refractivity contribution in [3.05, 3.63) is 106 Å². The van der Waals surface area contributed by atoms with Crippen LogP contribution in [0, 0.1) is 5.92 Å². The summed E-state index contributed by atoms with van der Waals surface area (Å²) in [5, 5.41) is 10.6. The minimum atomic E-state index is -0.856. The first-order valence-corrected chi connectivity index (χ1v) is 17.7. The van der Waals surface area contributed by atoms with Crippen molar-refractivity contribution in [3.8, 4) is 11.3 Å². The molecule has 11 nitrogen and oxygen atoms in total. The smallest absolute Gasteiger partial charge is 0.411 e. The van der Waals surface area contributed by atoms with E-state index < -0.39 is 24.1 Å². The molecule has 12 heteroatoms. The van der Waals surface area contributed by atoms with Crippen molar-refractivity contribution in [2.45, 2.75) is 51.8 Å². The van der Waals surface area contributed by atoms with Crippen molar-refractivity contribution in [1.29, 1.82) is 0 Å². The second-order valence-electron chi connectivity index (χ2n) is 12.5. The van der Waals surface area contributed by atoms with Gasteiger partial charge in [-0.3, -0.25) is 14.9 Å². The molecule has 50 heavy (non-hydrogen) atoms. The van der Waals surface area contributed by atoms with Gasteiger partial charge in [-0.25, -0.2) is 14.6 Å². The van der Waals surface area contributed by atoms with Gasteiger partial charge in [0, 0.05) is 29.7 Å². The molecule has 0 radical (unpaired) electrons. The molecule has 1 aliphatic rings. The minimum Gasteiger partial charge on any atom is -0.444 e. The first-order valence-electron chi connectivity index (χ1n) is 16.8. The molecule has 1 aliphatic heterocycles. The Hall–Kier alpha value is -5.07. The molecule has 0 spiro atoms. The van der Waals surface area contributed by atoms with Crippen LogP contribution < -0.4 is 16.0 Å². The molecule has 4 amide bonds. The SMILES string of the molecule is CC(C)C[C@H](NC(=O)N1CCOCC1)C(=O)NC(CCc1ccccc1)C(=O)c1nc(-c2ccc(NC(=O)OCc3ccccc3)cc2)cs1. The van der Waals surface area contributed by atoms with E-state index in [0.717, 1.165) is 16.7 Å². The fourth-order valence-electron chi connectivity index (χ4n) is 5.48. The van der Waals surface area contributed by atoms with Gasteiger partial charge in [-0.1, -0.05) is 86.6 Å². The molecule has 1 saturated heterocycles. The van der Waals surface area contributed by atoms with Gasteiger partial charge < -0.3 is 25.0 Å². The normalized spacial score (nSPS) is 14.0. The van der Waals surface area contributed by atoms with Gasteiger partial charge in [-0.15, -0.1) is 11.3 Å². The number of carbonyl (C=O) groups excluding carboxylic acids is 4. The number of ketones is 1. The maximum Gasteiger partial charge on any atom is 0.411 e. The van der Waals surface area contributed by atoms with E-state index in [4.69, 9.17) is 9.47 Å². The van der Waals surface area contributed by atoms with Crippen LogP contribution in [0.1, 0.15) is 47.6 Å². The zero-order valence-electron chi connectivity index (χ0n) is 28.3. The number of ether oxygens (including phenoxy) is 2. The van der Waals surface area contributed by atoms with Crippen molar-refractivity contribution < 1.29 is 28.7 Å². The van der Waals surface area contributed by atoms with Gasteiger partial charge in [0.15, 0.2) is 5.01 Å². The average Bonchev–Trinajstić information content (AvgIpc) is 3.64. The number of Topliss-reactive ketones (excluding diaryl/α,β-unsaturated/α-hetero) is 1. The summed E-state index contributed by atoms with van der Waals surface area (Å²) in [5.74, 6) is -0.584. The van der Waals surface area contributed by atoms with Gasteiger partial charge in [0.2, 0.25) is 11.7 Å². The van der Waals surface area contributed by atoms with Crippen LogP contribution in [-0.4, -0.2) is 72.1 Å². The van der Waals surface area contributed by atoms with E-state index in [0.29, 0.717) is 56.9 Å². The number of aromatic nitrogens is 1. The predicted molar refractivity (Wildman–Crippen MR) is 193 cm³/mol. The fourth-order valence-corrected chi connectivity index (χ4v) is 6.30. The summed E-state index contributed by atoms with van der Waals surface area (Å²) in [4.78, 5) is 59.3. The molecule has 262 valence electrons. The van der Waals surface area contributed by atoms with Crippen LogP contribution >= 0.6 is 11.3 Å². The quantitative estimate of drug-likeness (QED) is 0.131. The number of aryl methyl sites for hydroxylation is 1. The predicted octanol–water partition coefficient (Wildman–Crippen LogP) is 6.32. The van der Waals surface area contributed by atoms with Crippen molar-refractivity contribution in [1.82, 2.24) is 20.5 Å². The monoisotopic (exact) mass is 697 g/mol. The largest absolute Gasteiger partial charge is 0.444 e. The molecule has 2 heterocycles. The molecular weight excluding hydrogens is 655 g/mol. The zero-order valence-corrected chi connectivity index (χ0v) is 29.1. The number of nitrogens with zero attached hydrogens (tertiary/aromatic N) is 2. The zero-order chi connectivity index (χ0) is 35.3. The lowest BCUT2D eigenvalue weighted by Gasteiger charge is -2.30. The van der Waals surface area contributed by atoms with E-state index >= 15 is 0 Å². The Bertz CT molecular complexity index is 1710. The topological polar surface area (TPSA) is 139 Å². The lowest BCUT2D eigenvalue weighted by Crippen LogP contribution is -2.56. The molecule has 1 aromatic heterocycles. The number of anilines is 1. The van der Waals surface area contributed by atoms with Crippen LogP contribution in [0.3, 0.4) is 0 Å². The summed E-state index contributed by atoms with van der Waals surface area (Å²) < 4.78 is 10.7. The van der Waals surface area contributed by atoms with E-state index in [1.807, 2.05) is 74.5 Å².